The topological polar surface area (TPSA) is 51.5 Å². The lowest BCUT2D eigenvalue weighted by Gasteiger charge is -2.04. The monoisotopic (exact) mass is 245 g/mol. The Morgan fingerprint density at radius 3 is 2.50 bits per heavy atom. The number of esters is 1. The molecule has 0 saturated carbocycles. The lowest BCUT2D eigenvalue weighted by molar-refractivity contribution is 0.0600. The summed E-state index contributed by atoms with van der Waals surface area (Å²) in [5.41, 5.74) is 2.79. The number of carbonyl (C=O) groups is 1. The number of hydrogen-bond donors (Lipinski definition) is 1. The molecule has 0 bridgehead atoms. The van der Waals surface area contributed by atoms with Crippen molar-refractivity contribution >= 4 is 5.97 Å². The van der Waals surface area contributed by atoms with Crippen molar-refractivity contribution in [3.8, 4) is 0 Å². The number of methoxy groups -OCH3 is 1. The third-order valence-electron chi connectivity index (χ3n) is 2.61. The zero-order valence-electron chi connectivity index (χ0n) is 10.2. The summed E-state index contributed by atoms with van der Waals surface area (Å²) in [6.45, 7) is 1.50. The van der Waals surface area contributed by atoms with Crippen LogP contribution in [0.2, 0.25) is 0 Å². The molecule has 94 valence electrons. The van der Waals surface area contributed by atoms with Gasteiger partial charge in [0.2, 0.25) is 0 Å². The molecule has 0 aliphatic rings. The van der Waals surface area contributed by atoms with E-state index in [9.17, 15) is 4.79 Å². The van der Waals surface area contributed by atoms with Crippen LogP contribution in [0.4, 0.5) is 0 Å². The molecular formula is C14H15NO3. The number of carbonyl (C=O) groups excluding carboxylic acids is 1. The van der Waals surface area contributed by atoms with Crippen molar-refractivity contribution in [2.24, 2.45) is 0 Å². The highest BCUT2D eigenvalue weighted by atomic mass is 16.5. The molecule has 4 heteroatoms. The maximum Gasteiger partial charge on any atom is 0.337 e. The summed E-state index contributed by atoms with van der Waals surface area (Å²) in [6, 6.07) is 9.28. The minimum Gasteiger partial charge on any atom is -0.472 e. The van der Waals surface area contributed by atoms with Gasteiger partial charge in [0, 0.05) is 18.7 Å². The number of rotatable bonds is 5. The van der Waals surface area contributed by atoms with Gasteiger partial charge in [0.25, 0.3) is 0 Å². The van der Waals surface area contributed by atoms with Crippen molar-refractivity contribution in [1.82, 2.24) is 5.32 Å². The van der Waals surface area contributed by atoms with Crippen LogP contribution in [0.3, 0.4) is 0 Å². The molecular weight excluding hydrogens is 230 g/mol. The lowest BCUT2D eigenvalue weighted by Crippen LogP contribution is -2.12. The molecule has 1 aromatic carbocycles. The van der Waals surface area contributed by atoms with Crippen LogP contribution in [0.15, 0.2) is 47.3 Å². The highest BCUT2D eigenvalue weighted by Crippen LogP contribution is 2.06. The first-order chi connectivity index (χ1) is 8.79. The van der Waals surface area contributed by atoms with Crippen LogP contribution >= 0.6 is 0 Å². The average Bonchev–Trinajstić information content (AvgIpc) is 2.92. The second-order valence-corrected chi connectivity index (χ2v) is 3.92. The molecule has 0 unspecified atom stereocenters. The Bertz CT molecular complexity index is 488. The lowest BCUT2D eigenvalue weighted by atomic mass is 10.1. The van der Waals surface area contributed by atoms with E-state index in [4.69, 9.17) is 4.42 Å². The van der Waals surface area contributed by atoms with Crippen molar-refractivity contribution < 1.29 is 13.9 Å². The van der Waals surface area contributed by atoms with E-state index >= 15 is 0 Å². The van der Waals surface area contributed by atoms with Gasteiger partial charge in [-0.3, -0.25) is 0 Å². The van der Waals surface area contributed by atoms with Gasteiger partial charge in [-0.1, -0.05) is 12.1 Å². The number of hydrogen-bond acceptors (Lipinski definition) is 4. The molecule has 1 N–H and O–H groups in total. The summed E-state index contributed by atoms with van der Waals surface area (Å²) < 4.78 is 9.62. The predicted molar refractivity (Wildman–Crippen MR) is 67.0 cm³/mol. The van der Waals surface area contributed by atoms with Crippen molar-refractivity contribution in [1.29, 1.82) is 0 Å². The van der Waals surface area contributed by atoms with Crippen molar-refractivity contribution in [3.63, 3.8) is 0 Å². The summed E-state index contributed by atoms with van der Waals surface area (Å²) in [4.78, 5) is 11.2. The fourth-order valence-corrected chi connectivity index (χ4v) is 1.62. The van der Waals surface area contributed by atoms with Gasteiger partial charge < -0.3 is 14.5 Å². The standard InChI is InChI=1S/C14H15NO3/c1-17-14(16)13-4-2-11(3-5-13)8-15-9-12-6-7-18-10-12/h2-7,10,15H,8-9H2,1H3. The first-order valence-corrected chi connectivity index (χ1v) is 5.68. The second-order valence-electron chi connectivity index (χ2n) is 3.92. The van der Waals surface area contributed by atoms with E-state index in [-0.39, 0.29) is 5.97 Å². The van der Waals surface area contributed by atoms with Gasteiger partial charge in [-0.05, 0) is 23.8 Å². The van der Waals surface area contributed by atoms with Crippen molar-refractivity contribution in [2.45, 2.75) is 13.1 Å². The number of benzene rings is 1. The first-order valence-electron chi connectivity index (χ1n) is 5.68. The molecule has 0 spiro atoms. The fraction of sp³-hybridized carbons (Fsp3) is 0.214. The zero-order valence-corrected chi connectivity index (χ0v) is 10.2. The van der Waals surface area contributed by atoms with E-state index in [1.807, 2.05) is 18.2 Å². The molecule has 0 aliphatic heterocycles. The Morgan fingerprint density at radius 2 is 1.89 bits per heavy atom. The van der Waals surface area contributed by atoms with Gasteiger partial charge in [0.05, 0.1) is 25.2 Å². The smallest absolute Gasteiger partial charge is 0.337 e. The molecule has 0 aliphatic carbocycles. The minimum atomic E-state index is -0.312. The average molecular weight is 245 g/mol. The maximum atomic E-state index is 11.2. The Morgan fingerprint density at radius 1 is 1.17 bits per heavy atom. The molecule has 0 radical (unpaired) electrons. The molecule has 0 atom stereocenters. The SMILES string of the molecule is COC(=O)c1ccc(CNCc2ccoc2)cc1. The number of nitrogens with one attached hydrogen (secondary N) is 1. The van der Waals surface area contributed by atoms with Crippen LogP contribution in [0.1, 0.15) is 21.5 Å². The Balaban J connectivity index is 1.85. The van der Waals surface area contributed by atoms with E-state index in [1.165, 1.54) is 7.11 Å². The summed E-state index contributed by atoms with van der Waals surface area (Å²) in [7, 11) is 1.38. The summed E-state index contributed by atoms with van der Waals surface area (Å²) >= 11 is 0. The van der Waals surface area contributed by atoms with Crippen LogP contribution < -0.4 is 5.32 Å². The van der Waals surface area contributed by atoms with E-state index < -0.39 is 0 Å². The third kappa shape index (κ3) is 3.21. The maximum absolute atomic E-state index is 11.2. The molecule has 2 rings (SSSR count). The van der Waals surface area contributed by atoms with Gasteiger partial charge in [-0.15, -0.1) is 0 Å². The summed E-state index contributed by atoms with van der Waals surface area (Å²) in [6.07, 6.45) is 3.37. The Hall–Kier alpha value is -2.07. The summed E-state index contributed by atoms with van der Waals surface area (Å²) in [5.74, 6) is -0.312. The van der Waals surface area contributed by atoms with Crippen LogP contribution in [-0.4, -0.2) is 13.1 Å². The van der Waals surface area contributed by atoms with Gasteiger partial charge in [0.1, 0.15) is 0 Å². The molecule has 0 amide bonds. The molecule has 1 heterocycles. The molecule has 2 aromatic rings. The van der Waals surface area contributed by atoms with E-state index in [0.717, 1.165) is 24.2 Å². The zero-order chi connectivity index (χ0) is 12.8. The van der Waals surface area contributed by atoms with Crippen LogP contribution in [-0.2, 0) is 17.8 Å². The summed E-state index contributed by atoms with van der Waals surface area (Å²) in [5, 5.41) is 3.29. The first kappa shape index (κ1) is 12.4. The van der Waals surface area contributed by atoms with E-state index in [1.54, 1.807) is 24.7 Å². The molecule has 4 nitrogen and oxygen atoms in total. The molecule has 18 heavy (non-hydrogen) atoms. The number of ether oxygens (including phenoxy) is 1. The minimum absolute atomic E-state index is 0.312. The highest BCUT2D eigenvalue weighted by Gasteiger charge is 2.03. The predicted octanol–water partition coefficient (Wildman–Crippen LogP) is 2.36. The van der Waals surface area contributed by atoms with Gasteiger partial charge in [-0.2, -0.15) is 0 Å². The number of furan rings is 1. The largest absolute Gasteiger partial charge is 0.472 e. The van der Waals surface area contributed by atoms with E-state index in [0.29, 0.717) is 5.56 Å². The van der Waals surface area contributed by atoms with Gasteiger partial charge >= 0.3 is 5.97 Å². The quantitative estimate of drug-likeness (QED) is 0.821. The Labute approximate surface area is 106 Å². The second kappa shape index (κ2) is 6.02. The fourth-order valence-electron chi connectivity index (χ4n) is 1.62. The molecule has 1 aromatic heterocycles. The van der Waals surface area contributed by atoms with Crippen LogP contribution in [0.5, 0.6) is 0 Å². The van der Waals surface area contributed by atoms with Gasteiger partial charge in [0.15, 0.2) is 0 Å². The van der Waals surface area contributed by atoms with Crippen LogP contribution in [0, 0.1) is 0 Å². The highest BCUT2D eigenvalue weighted by molar-refractivity contribution is 5.89. The third-order valence-corrected chi connectivity index (χ3v) is 2.61. The van der Waals surface area contributed by atoms with Crippen LogP contribution in [0.25, 0.3) is 0 Å². The van der Waals surface area contributed by atoms with Crippen molar-refractivity contribution in [3.05, 3.63) is 59.5 Å². The Kier molecular flexibility index (Phi) is 4.15. The van der Waals surface area contributed by atoms with Crippen molar-refractivity contribution in [2.75, 3.05) is 7.11 Å². The van der Waals surface area contributed by atoms with Gasteiger partial charge in [-0.25, -0.2) is 4.79 Å². The van der Waals surface area contributed by atoms with E-state index in [2.05, 4.69) is 10.1 Å². The molecule has 0 saturated heterocycles. The normalized spacial score (nSPS) is 10.3. The molecule has 0 fully saturated rings.